The molecule has 0 aromatic rings. The highest BCUT2D eigenvalue weighted by molar-refractivity contribution is 5.77. The van der Waals surface area contributed by atoms with Crippen molar-refractivity contribution < 1.29 is 14.3 Å². The third kappa shape index (κ3) is 5.38. The van der Waals surface area contributed by atoms with Crippen molar-refractivity contribution in [1.82, 2.24) is 4.90 Å². The maximum Gasteiger partial charge on any atom is 0.223 e. The molecular weight excluding hydrogens is 256 g/mol. The van der Waals surface area contributed by atoms with E-state index in [4.69, 9.17) is 15.2 Å². The van der Waals surface area contributed by atoms with Crippen molar-refractivity contribution in [3.63, 3.8) is 0 Å². The van der Waals surface area contributed by atoms with Crippen LogP contribution in [0.2, 0.25) is 0 Å². The Labute approximate surface area is 122 Å². The summed E-state index contributed by atoms with van der Waals surface area (Å²) >= 11 is 0. The highest BCUT2D eigenvalue weighted by Crippen LogP contribution is 2.43. The van der Waals surface area contributed by atoms with Crippen LogP contribution >= 0.6 is 0 Å². The summed E-state index contributed by atoms with van der Waals surface area (Å²) in [6.45, 7) is 8.35. The normalized spacial score (nSPS) is 16.8. The molecule has 0 aliphatic heterocycles. The van der Waals surface area contributed by atoms with Crippen LogP contribution in [0.1, 0.15) is 39.5 Å². The van der Waals surface area contributed by atoms with E-state index in [2.05, 4.69) is 0 Å². The van der Waals surface area contributed by atoms with Crippen LogP contribution in [0.4, 0.5) is 0 Å². The van der Waals surface area contributed by atoms with E-state index in [0.717, 1.165) is 12.8 Å². The number of hydrogen-bond donors (Lipinski definition) is 1. The molecule has 5 nitrogen and oxygen atoms in total. The molecule has 5 heteroatoms. The smallest absolute Gasteiger partial charge is 0.223 e. The quantitative estimate of drug-likeness (QED) is 0.583. The largest absolute Gasteiger partial charge is 0.380 e. The lowest BCUT2D eigenvalue weighted by molar-refractivity contribution is -0.136. The lowest BCUT2D eigenvalue weighted by Gasteiger charge is -2.41. The minimum Gasteiger partial charge on any atom is -0.380 e. The van der Waals surface area contributed by atoms with Crippen LogP contribution < -0.4 is 5.73 Å². The van der Waals surface area contributed by atoms with Gasteiger partial charge in [0.15, 0.2) is 0 Å². The second-order valence-corrected chi connectivity index (χ2v) is 5.51. The number of carbonyl (C=O) groups is 1. The molecule has 0 heterocycles. The average Bonchev–Trinajstić information content (AvgIpc) is 2.41. The van der Waals surface area contributed by atoms with Crippen LogP contribution in [-0.4, -0.2) is 56.9 Å². The summed E-state index contributed by atoms with van der Waals surface area (Å²) in [6, 6.07) is 0. The lowest BCUT2D eigenvalue weighted by atomic mass is 9.66. The predicted molar refractivity (Wildman–Crippen MR) is 79.5 cm³/mol. The molecule has 1 amide bonds. The van der Waals surface area contributed by atoms with Gasteiger partial charge in [0.1, 0.15) is 0 Å². The molecule has 1 aliphatic carbocycles. The second-order valence-electron chi connectivity index (χ2n) is 5.51. The molecule has 1 aliphatic rings. The first-order valence-corrected chi connectivity index (χ1v) is 7.81. The summed E-state index contributed by atoms with van der Waals surface area (Å²) in [5.74, 6) is 0.189. The van der Waals surface area contributed by atoms with Gasteiger partial charge in [-0.25, -0.2) is 0 Å². The SMILES string of the molecule is CCOCCN(CCOCC)C(=O)CC1(CN)CCC1. The maximum absolute atomic E-state index is 12.5. The Morgan fingerprint density at radius 1 is 1.15 bits per heavy atom. The molecule has 20 heavy (non-hydrogen) atoms. The highest BCUT2D eigenvalue weighted by atomic mass is 16.5. The Balaban J connectivity index is 2.44. The van der Waals surface area contributed by atoms with E-state index in [1.165, 1.54) is 6.42 Å². The molecule has 1 rings (SSSR count). The van der Waals surface area contributed by atoms with Gasteiger partial charge >= 0.3 is 0 Å². The number of rotatable bonds is 11. The van der Waals surface area contributed by atoms with Crippen molar-refractivity contribution in [1.29, 1.82) is 0 Å². The molecule has 2 N–H and O–H groups in total. The number of nitrogens with two attached hydrogens (primary N) is 1. The summed E-state index contributed by atoms with van der Waals surface area (Å²) in [7, 11) is 0. The van der Waals surface area contributed by atoms with Gasteiger partial charge in [-0.1, -0.05) is 6.42 Å². The number of nitrogens with zero attached hydrogens (tertiary/aromatic N) is 1. The Morgan fingerprint density at radius 3 is 2.05 bits per heavy atom. The maximum atomic E-state index is 12.5. The Morgan fingerprint density at radius 2 is 1.70 bits per heavy atom. The zero-order valence-corrected chi connectivity index (χ0v) is 13.0. The Hall–Kier alpha value is -0.650. The Kier molecular flexibility index (Phi) is 8.11. The van der Waals surface area contributed by atoms with E-state index < -0.39 is 0 Å². The molecule has 1 fully saturated rings. The molecule has 0 saturated heterocycles. The lowest BCUT2D eigenvalue weighted by Crippen LogP contribution is -2.45. The van der Waals surface area contributed by atoms with Crippen LogP contribution in [0.25, 0.3) is 0 Å². The van der Waals surface area contributed by atoms with E-state index in [-0.39, 0.29) is 11.3 Å². The van der Waals surface area contributed by atoms with Gasteiger partial charge in [0.05, 0.1) is 13.2 Å². The molecule has 118 valence electrons. The number of carbonyl (C=O) groups excluding carboxylic acids is 1. The summed E-state index contributed by atoms with van der Waals surface area (Å²) in [5, 5.41) is 0. The fourth-order valence-electron chi connectivity index (χ4n) is 2.56. The molecule has 0 aromatic heterocycles. The van der Waals surface area contributed by atoms with Crippen molar-refractivity contribution in [2.24, 2.45) is 11.1 Å². The van der Waals surface area contributed by atoms with Gasteiger partial charge in [0.2, 0.25) is 5.91 Å². The van der Waals surface area contributed by atoms with Gasteiger partial charge in [0.25, 0.3) is 0 Å². The zero-order valence-electron chi connectivity index (χ0n) is 13.0. The van der Waals surface area contributed by atoms with Crippen molar-refractivity contribution in [2.45, 2.75) is 39.5 Å². The third-order valence-corrected chi connectivity index (χ3v) is 4.15. The zero-order chi connectivity index (χ0) is 14.8. The first kappa shape index (κ1) is 17.4. The van der Waals surface area contributed by atoms with Gasteiger partial charge in [-0.15, -0.1) is 0 Å². The monoisotopic (exact) mass is 286 g/mol. The number of ether oxygens (including phenoxy) is 2. The summed E-state index contributed by atoms with van der Waals surface area (Å²) < 4.78 is 10.7. The molecule has 0 spiro atoms. The Bertz CT molecular complexity index is 265. The van der Waals surface area contributed by atoms with Crippen LogP contribution in [-0.2, 0) is 14.3 Å². The first-order chi connectivity index (χ1) is 9.67. The molecular formula is C15H30N2O3. The van der Waals surface area contributed by atoms with Crippen molar-refractivity contribution >= 4 is 5.91 Å². The predicted octanol–water partition coefficient (Wildman–Crippen LogP) is 1.41. The van der Waals surface area contributed by atoms with E-state index in [9.17, 15) is 4.79 Å². The molecule has 0 bridgehead atoms. The summed E-state index contributed by atoms with van der Waals surface area (Å²) in [6.07, 6.45) is 3.93. The van der Waals surface area contributed by atoms with Crippen molar-refractivity contribution in [2.75, 3.05) is 46.1 Å². The van der Waals surface area contributed by atoms with Crippen LogP contribution in [0.3, 0.4) is 0 Å². The number of amides is 1. The van der Waals surface area contributed by atoms with E-state index in [1.807, 2.05) is 18.7 Å². The van der Waals surface area contributed by atoms with Gasteiger partial charge in [-0.2, -0.15) is 0 Å². The van der Waals surface area contributed by atoms with Crippen molar-refractivity contribution in [3.05, 3.63) is 0 Å². The summed E-state index contributed by atoms with van der Waals surface area (Å²) in [5.41, 5.74) is 5.90. The second kappa shape index (κ2) is 9.32. The van der Waals surface area contributed by atoms with Gasteiger partial charge in [-0.05, 0) is 38.6 Å². The van der Waals surface area contributed by atoms with E-state index in [0.29, 0.717) is 52.5 Å². The molecule has 0 unspecified atom stereocenters. The topological polar surface area (TPSA) is 64.8 Å². The van der Waals surface area contributed by atoms with Crippen LogP contribution in [0.15, 0.2) is 0 Å². The van der Waals surface area contributed by atoms with E-state index >= 15 is 0 Å². The molecule has 1 saturated carbocycles. The van der Waals surface area contributed by atoms with Gasteiger partial charge in [-0.3, -0.25) is 4.79 Å². The van der Waals surface area contributed by atoms with Crippen LogP contribution in [0, 0.1) is 5.41 Å². The fourth-order valence-corrected chi connectivity index (χ4v) is 2.56. The fraction of sp³-hybridized carbons (Fsp3) is 0.933. The molecule has 0 radical (unpaired) electrons. The van der Waals surface area contributed by atoms with Crippen LogP contribution in [0.5, 0.6) is 0 Å². The van der Waals surface area contributed by atoms with E-state index in [1.54, 1.807) is 0 Å². The first-order valence-electron chi connectivity index (χ1n) is 7.81. The minimum atomic E-state index is 0.0621. The van der Waals surface area contributed by atoms with Gasteiger partial charge < -0.3 is 20.1 Å². The minimum absolute atomic E-state index is 0.0621. The summed E-state index contributed by atoms with van der Waals surface area (Å²) in [4.78, 5) is 14.3. The standard InChI is InChI=1S/C15H30N2O3/c1-3-19-10-8-17(9-11-20-4-2)14(18)12-15(13-16)6-5-7-15/h3-13,16H2,1-2H3. The highest BCUT2D eigenvalue weighted by Gasteiger charge is 2.38. The van der Waals surface area contributed by atoms with Gasteiger partial charge in [0, 0.05) is 32.7 Å². The average molecular weight is 286 g/mol. The molecule has 0 atom stereocenters. The molecule has 0 aromatic carbocycles. The third-order valence-electron chi connectivity index (χ3n) is 4.15. The number of hydrogen-bond acceptors (Lipinski definition) is 4. The van der Waals surface area contributed by atoms with Crippen molar-refractivity contribution in [3.8, 4) is 0 Å².